The lowest BCUT2D eigenvalue weighted by Gasteiger charge is -2.43. The molecule has 3 rings (SSSR count). The second-order valence-electron chi connectivity index (χ2n) is 6.02. The van der Waals surface area contributed by atoms with Crippen molar-refractivity contribution in [2.75, 3.05) is 6.61 Å². The van der Waals surface area contributed by atoms with E-state index in [-0.39, 0.29) is 17.3 Å². The van der Waals surface area contributed by atoms with Crippen molar-refractivity contribution in [3.63, 3.8) is 0 Å². The van der Waals surface area contributed by atoms with Crippen LogP contribution in [0.15, 0.2) is 12.2 Å². The average molecular weight is 220 g/mol. The lowest BCUT2D eigenvalue weighted by atomic mass is 9.59. The Hall–Kier alpha value is -0.790. The summed E-state index contributed by atoms with van der Waals surface area (Å²) in [5, 5.41) is 0. The fraction of sp³-hybridized carbons (Fsp3) is 0.786. The highest BCUT2D eigenvalue weighted by molar-refractivity contribution is 5.77. The molecule has 2 nitrogen and oxygen atoms in total. The maximum atomic E-state index is 11.8. The van der Waals surface area contributed by atoms with Crippen LogP contribution in [-0.2, 0) is 9.53 Å². The van der Waals surface area contributed by atoms with Gasteiger partial charge in [0.2, 0.25) is 0 Å². The first kappa shape index (κ1) is 10.4. The summed E-state index contributed by atoms with van der Waals surface area (Å²) >= 11 is 0. The van der Waals surface area contributed by atoms with Gasteiger partial charge in [-0.3, -0.25) is 4.79 Å². The molecule has 2 saturated carbocycles. The summed E-state index contributed by atoms with van der Waals surface area (Å²) in [6.45, 7) is 9.45. The zero-order valence-corrected chi connectivity index (χ0v) is 10.2. The Bertz CT molecular complexity index is 360. The minimum absolute atomic E-state index is 0.00810. The Kier molecular flexibility index (Phi) is 2.02. The van der Waals surface area contributed by atoms with E-state index in [4.69, 9.17) is 4.74 Å². The van der Waals surface area contributed by atoms with E-state index < -0.39 is 0 Å². The molecular weight excluding hydrogens is 200 g/mol. The van der Waals surface area contributed by atoms with Gasteiger partial charge in [-0.1, -0.05) is 26.0 Å². The van der Waals surface area contributed by atoms with Crippen molar-refractivity contribution in [2.24, 2.45) is 29.1 Å². The van der Waals surface area contributed by atoms with Crippen LogP contribution in [0.25, 0.3) is 0 Å². The summed E-state index contributed by atoms with van der Waals surface area (Å²) in [5.41, 5.74) is 1.30. The van der Waals surface area contributed by atoms with Crippen molar-refractivity contribution in [1.82, 2.24) is 0 Å². The maximum Gasteiger partial charge on any atom is 0.310 e. The predicted octanol–water partition coefficient (Wildman–Crippen LogP) is 2.79. The van der Waals surface area contributed by atoms with E-state index >= 15 is 0 Å². The van der Waals surface area contributed by atoms with Crippen LogP contribution >= 0.6 is 0 Å². The van der Waals surface area contributed by atoms with Crippen LogP contribution in [0.1, 0.15) is 33.1 Å². The molecule has 1 saturated heterocycles. The molecule has 16 heavy (non-hydrogen) atoms. The van der Waals surface area contributed by atoms with E-state index in [0.717, 1.165) is 6.42 Å². The largest absolute Gasteiger partial charge is 0.464 e. The van der Waals surface area contributed by atoms with Gasteiger partial charge in [0, 0.05) is 5.41 Å². The normalized spacial score (nSPS) is 51.1. The fourth-order valence-electron chi connectivity index (χ4n) is 4.48. The minimum Gasteiger partial charge on any atom is -0.464 e. The van der Waals surface area contributed by atoms with Crippen LogP contribution in [0.3, 0.4) is 0 Å². The molecule has 0 aromatic heterocycles. The van der Waals surface area contributed by atoms with Crippen LogP contribution in [0.4, 0.5) is 0 Å². The number of hydrogen-bond acceptors (Lipinski definition) is 2. The van der Waals surface area contributed by atoms with Gasteiger partial charge in [0.05, 0.1) is 5.92 Å². The molecule has 88 valence electrons. The van der Waals surface area contributed by atoms with Crippen molar-refractivity contribution in [2.45, 2.75) is 33.1 Å². The molecule has 3 aliphatic rings. The van der Waals surface area contributed by atoms with Crippen LogP contribution in [0.5, 0.6) is 0 Å². The van der Waals surface area contributed by atoms with E-state index in [2.05, 4.69) is 20.4 Å². The van der Waals surface area contributed by atoms with E-state index in [9.17, 15) is 4.79 Å². The number of ether oxygens (including phenoxy) is 1. The van der Waals surface area contributed by atoms with E-state index in [0.29, 0.717) is 24.4 Å². The minimum atomic E-state index is 0.00810. The lowest BCUT2D eigenvalue weighted by Crippen LogP contribution is -2.41. The number of cyclic esters (lactones) is 1. The van der Waals surface area contributed by atoms with Gasteiger partial charge in [0.25, 0.3) is 0 Å². The third kappa shape index (κ3) is 1.01. The average Bonchev–Trinajstić information content (AvgIpc) is 2.71. The van der Waals surface area contributed by atoms with Crippen LogP contribution < -0.4 is 0 Å². The number of carbonyl (C=O) groups excluding carboxylic acids is 1. The van der Waals surface area contributed by atoms with Crippen LogP contribution in [-0.4, -0.2) is 12.6 Å². The maximum absolute atomic E-state index is 11.8. The summed E-state index contributed by atoms with van der Waals surface area (Å²) in [5.74, 6) is 1.99. The van der Waals surface area contributed by atoms with E-state index in [1.807, 2.05) is 0 Å². The Morgan fingerprint density at radius 1 is 1.38 bits per heavy atom. The molecule has 0 aromatic rings. The highest BCUT2D eigenvalue weighted by Crippen LogP contribution is 2.63. The number of rotatable bonds is 0. The van der Waals surface area contributed by atoms with Crippen molar-refractivity contribution in [3.8, 4) is 0 Å². The Labute approximate surface area is 97.1 Å². The summed E-state index contributed by atoms with van der Waals surface area (Å²) in [4.78, 5) is 11.8. The second-order valence-corrected chi connectivity index (χ2v) is 6.02. The fourth-order valence-corrected chi connectivity index (χ4v) is 4.48. The third-order valence-electron chi connectivity index (χ3n) is 5.42. The van der Waals surface area contributed by atoms with Gasteiger partial charge >= 0.3 is 5.97 Å². The third-order valence-corrected chi connectivity index (χ3v) is 5.42. The molecule has 0 bridgehead atoms. The molecular formula is C14H20O2. The van der Waals surface area contributed by atoms with Gasteiger partial charge < -0.3 is 4.74 Å². The van der Waals surface area contributed by atoms with Crippen molar-refractivity contribution in [3.05, 3.63) is 12.2 Å². The van der Waals surface area contributed by atoms with Gasteiger partial charge in [0.1, 0.15) is 6.61 Å². The monoisotopic (exact) mass is 220 g/mol. The molecule has 2 heteroatoms. The molecule has 0 amide bonds. The highest BCUT2D eigenvalue weighted by Gasteiger charge is 2.63. The quantitative estimate of drug-likeness (QED) is 0.463. The number of carbonyl (C=O) groups is 1. The standard InChI is InChI=1S/C14H20O2/c1-8-4-5-11-9(2)6-12-13(15)16-7-14(11,12)10(8)3/h8-9,11-12H,3-7H2,1-2H3/t8-,9-,11+,12-,14+/m0/s1. The van der Waals surface area contributed by atoms with Crippen molar-refractivity contribution < 1.29 is 9.53 Å². The second kappa shape index (κ2) is 3.12. The van der Waals surface area contributed by atoms with Crippen LogP contribution in [0, 0.1) is 29.1 Å². The molecule has 0 N–H and O–H groups in total. The zero-order valence-electron chi connectivity index (χ0n) is 10.2. The van der Waals surface area contributed by atoms with Gasteiger partial charge in [0.15, 0.2) is 0 Å². The molecule has 0 unspecified atom stereocenters. The van der Waals surface area contributed by atoms with Crippen molar-refractivity contribution >= 4 is 5.97 Å². The molecule has 0 aromatic carbocycles. The predicted molar refractivity (Wildman–Crippen MR) is 61.7 cm³/mol. The van der Waals surface area contributed by atoms with Crippen molar-refractivity contribution in [1.29, 1.82) is 0 Å². The molecule has 2 aliphatic carbocycles. The number of esters is 1. The topological polar surface area (TPSA) is 26.3 Å². The van der Waals surface area contributed by atoms with Gasteiger partial charge in [-0.2, -0.15) is 0 Å². The highest BCUT2D eigenvalue weighted by atomic mass is 16.5. The molecule has 3 fully saturated rings. The Morgan fingerprint density at radius 2 is 2.12 bits per heavy atom. The molecule has 5 atom stereocenters. The van der Waals surface area contributed by atoms with Gasteiger partial charge in [-0.25, -0.2) is 0 Å². The zero-order chi connectivity index (χ0) is 11.5. The summed E-state index contributed by atoms with van der Waals surface area (Å²) in [7, 11) is 0. The Morgan fingerprint density at radius 3 is 2.88 bits per heavy atom. The van der Waals surface area contributed by atoms with E-state index in [1.165, 1.54) is 18.4 Å². The Balaban J connectivity index is 2.07. The molecule has 0 radical (unpaired) electrons. The summed E-state index contributed by atoms with van der Waals surface area (Å²) < 4.78 is 5.35. The van der Waals surface area contributed by atoms with Gasteiger partial charge in [-0.05, 0) is 37.0 Å². The summed E-state index contributed by atoms with van der Waals surface area (Å²) in [6, 6.07) is 0. The number of hydrogen-bond donors (Lipinski definition) is 0. The molecule has 1 spiro atoms. The van der Waals surface area contributed by atoms with Gasteiger partial charge in [-0.15, -0.1) is 0 Å². The van der Waals surface area contributed by atoms with Crippen LogP contribution in [0.2, 0.25) is 0 Å². The first-order valence-corrected chi connectivity index (χ1v) is 6.43. The first-order valence-electron chi connectivity index (χ1n) is 6.43. The smallest absolute Gasteiger partial charge is 0.310 e. The first-order chi connectivity index (χ1) is 7.57. The molecule has 1 heterocycles. The van der Waals surface area contributed by atoms with E-state index in [1.54, 1.807) is 0 Å². The lowest BCUT2D eigenvalue weighted by molar-refractivity contribution is -0.141. The summed E-state index contributed by atoms with van der Waals surface area (Å²) in [6.07, 6.45) is 3.49. The molecule has 1 aliphatic heterocycles. The SMILES string of the molecule is C=C1[C@@H](C)CC[C@@H]2[C@@H](C)C[C@H]3C(=O)OC[C@@]123.